The van der Waals surface area contributed by atoms with Gasteiger partial charge in [-0.2, -0.15) is 0 Å². The molecule has 0 aliphatic heterocycles. The minimum Gasteiger partial charge on any atom is -0.442 e. The Morgan fingerprint density at radius 3 is 2.36 bits per heavy atom. The molecular weight excluding hydrogens is 334 g/mol. The lowest BCUT2D eigenvalue weighted by Crippen LogP contribution is -2.30. The quantitative estimate of drug-likeness (QED) is 0.580. The Balaban J connectivity index is 2.06. The zero-order chi connectivity index (χ0) is 18.4. The summed E-state index contributed by atoms with van der Waals surface area (Å²) in [6, 6.07) is 11.7. The van der Waals surface area contributed by atoms with E-state index in [0.29, 0.717) is 5.06 Å². The maximum atomic E-state index is 11.9. The monoisotopic (exact) mass is 347 g/mol. The number of hydrogen-bond donors (Lipinski definition) is 0. The van der Waals surface area contributed by atoms with Gasteiger partial charge in [-0.3, -0.25) is 20.2 Å². The van der Waals surface area contributed by atoms with Crippen molar-refractivity contribution in [2.24, 2.45) is 0 Å². The van der Waals surface area contributed by atoms with E-state index in [1.807, 2.05) is 6.07 Å². The molecule has 2 rings (SSSR count). The highest BCUT2D eigenvalue weighted by Gasteiger charge is 2.24. The summed E-state index contributed by atoms with van der Waals surface area (Å²) in [4.78, 5) is 37.1. The van der Waals surface area contributed by atoms with Gasteiger partial charge in [0.05, 0.1) is 23.0 Å². The first-order chi connectivity index (χ1) is 11.9. The number of non-ortho nitro benzene ring substituents is 1. The molecule has 25 heavy (non-hydrogen) atoms. The highest BCUT2D eigenvalue weighted by molar-refractivity contribution is 5.66. The Hall–Kier alpha value is -3.69. The van der Waals surface area contributed by atoms with E-state index in [4.69, 9.17) is 9.57 Å². The number of carbonyl (C=O) groups is 1. The molecule has 0 N–H and O–H groups in total. The van der Waals surface area contributed by atoms with E-state index in [-0.39, 0.29) is 12.4 Å². The second-order valence-corrected chi connectivity index (χ2v) is 4.80. The van der Waals surface area contributed by atoms with Gasteiger partial charge in [0.2, 0.25) is 5.75 Å². The number of ether oxygens (including phenoxy) is 1. The fourth-order valence-corrected chi connectivity index (χ4v) is 1.83. The SMILES string of the molecule is CN(Oc1ccc([N+](=O)[O-])cc1[N+](=O)[O-])C(=O)OCc1ccccc1. The van der Waals surface area contributed by atoms with Gasteiger partial charge in [0.15, 0.2) is 0 Å². The number of hydroxylamine groups is 2. The minimum absolute atomic E-state index is 0.00424. The first-order valence-electron chi connectivity index (χ1n) is 6.93. The van der Waals surface area contributed by atoms with Gasteiger partial charge in [-0.1, -0.05) is 30.3 Å². The minimum atomic E-state index is -0.878. The van der Waals surface area contributed by atoms with Crippen LogP contribution in [0.5, 0.6) is 5.75 Å². The van der Waals surface area contributed by atoms with Gasteiger partial charge in [-0.25, -0.2) is 4.79 Å². The lowest BCUT2D eigenvalue weighted by atomic mass is 10.2. The highest BCUT2D eigenvalue weighted by Crippen LogP contribution is 2.31. The van der Waals surface area contributed by atoms with Gasteiger partial charge in [0.25, 0.3) is 5.69 Å². The summed E-state index contributed by atoms with van der Waals surface area (Å²) in [7, 11) is 1.21. The van der Waals surface area contributed by atoms with Gasteiger partial charge >= 0.3 is 11.8 Å². The summed E-state index contributed by atoms with van der Waals surface area (Å²) >= 11 is 0. The van der Waals surface area contributed by atoms with Crippen molar-refractivity contribution in [3.8, 4) is 5.75 Å². The average molecular weight is 347 g/mol. The molecule has 2 aromatic rings. The first kappa shape index (κ1) is 17.7. The molecule has 0 spiro atoms. The van der Waals surface area contributed by atoms with E-state index in [2.05, 4.69) is 0 Å². The molecule has 0 aliphatic rings. The van der Waals surface area contributed by atoms with Crippen molar-refractivity contribution in [3.63, 3.8) is 0 Å². The third kappa shape index (κ3) is 4.64. The number of amides is 1. The summed E-state index contributed by atoms with van der Waals surface area (Å²) in [5.41, 5.74) is -0.351. The van der Waals surface area contributed by atoms with Gasteiger partial charge < -0.3 is 9.57 Å². The van der Waals surface area contributed by atoms with Crippen LogP contribution in [0.15, 0.2) is 48.5 Å². The second-order valence-electron chi connectivity index (χ2n) is 4.80. The van der Waals surface area contributed by atoms with Gasteiger partial charge in [-0.15, -0.1) is 5.06 Å². The molecule has 1 amide bonds. The number of rotatable bonds is 6. The first-order valence-corrected chi connectivity index (χ1v) is 6.93. The van der Waals surface area contributed by atoms with E-state index >= 15 is 0 Å². The molecule has 130 valence electrons. The average Bonchev–Trinajstić information content (AvgIpc) is 2.60. The number of hydrogen-bond acceptors (Lipinski definition) is 7. The summed E-state index contributed by atoms with van der Waals surface area (Å²) in [5.74, 6) is -0.324. The molecule has 0 aliphatic carbocycles. The molecule has 0 atom stereocenters. The van der Waals surface area contributed by atoms with Gasteiger partial charge in [0.1, 0.15) is 6.61 Å². The largest absolute Gasteiger partial charge is 0.443 e. The van der Waals surface area contributed by atoms with Crippen LogP contribution in [-0.2, 0) is 11.3 Å². The fourth-order valence-electron chi connectivity index (χ4n) is 1.83. The smallest absolute Gasteiger partial charge is 0.442 e. The zero-order valence-electron chi connectivity index (χ0n) is 13.0. The van der Waals surface area contributed by atoms with E-state index in [1.165, 1.54) is 7.05 Å². The van der Waals surface area contributed by atoms with E-state index in [1.54, 1.807) is 24.3 Å². The second kappa shape index (κ2) is 7.73. The summed E-state index contributed by atoms with van der Waals surface area (Å²) < 4.78 is 5.01. The predicted molar refractivity (Wildman–Crippen MR) is 84.8 cm³/mol. The van der Waals surface area contributed by atoms with Gasteiger partial charge in [-0.05, 0) is 11.6 Å². The van der Waals surface area contributed by atoms with Gasteiger partial charge in [0, 0.05) is 6.07 Å². The van der Waals surface area contributed by atoms with Crippen molar-refractivity contribution in [2.45, 2.75) is 6.61 Å². The molecule has 0 bridgehead atoms. The van der Waals surface area contributed by atoms with Crippen molar-refractivity contribution in [1.29, 1.82) is 0 Å². The Morgan fingerprint density at radius 2 is 1.76 bits per heavy atom. The van der Waals surface area contributed by atoms with E-state index in [9.17, 15) is 25.0 Å². The Bertz CT molecular complexity index is 795. The molecule has 0 fully saturated rings. The highest BCUT2D eigenvalue weighted by atomic mass is 16.7. The molecule has 0 saturated heterocycles. The van der Waals surface area contributed by atoms with Crippen molar-refractivity contribution >= 4 is 17.5 Å². The lowest BCUT2D eigenvalue weighted by Gasteiger charge is -2.17. The molecule has 0 saturated carbocycles. The van der Waals surface area contributed by atoms with Crippen LogP contribution in [0.1, 0.15) is 5.56 Å². The number of carbonyl (C=O) groups excluding carboxylic acids is 1. The Labute approximate surface area is 141 Å². The van der Waals surface area contributed by atoms with Crippen LogP contribution in [0.4, 0.5) is 16.2 Å². The van der Waals surface area contributed by atoms with Crippen LogP contribution in [0.2, 0.25) is 0 Å². The maximum absolute atomic E-state index is 11.9. The van der Waals surface area contributed by atoms with Crippen LogP contribution in [0, 0.1) is 20.2 Å². The molecule has 0 heterocycles. The fraction of sp³-hybridized carbons (Fsp3) is 0.133. The van der Waals surface area contributed by atoms with Crippen LogP contribution in [0.3, 0.4) is 0 Å². The third-order valence-electron chi connectivity index (χ3n) is 3.05. The summed E-state index contributed by atoms with van der Waals surface area (Å²) in [6.45, 7) is -0.00424. The Morgan fingerprint density at radius 1 is 1.08 bits per heavy atom. The Kier molecular flexibility index (Phi) is 5.46. The molecular formula is C15H13N3O7. The lowest BCUT2D eigenvalue weighted by molar-refractivity contribution is -0.395. The van der Waals surface area contributed by atoms with Crippen molar-refractivity contribution in [1.82, 2.24) is 5.06 Å². The van der Waals surface area contributed by atoms with Crippen LogP contribution >= 0.6 is 0 Å². The molecule has 0 unspecified atom stereocenters. The van der Waals surface area contributed by atoms with Crippen molar-refractivity contribution in [2.75, 3.05) is 7.05 Å². The normalized spacial score (nSPS) is 9.96. The molecule has 0 aromatic heterocycles. The molecule has 2 aromatic carbocycles. The van der Waals surface area contributed by atoms with Crippen LogP contribution in [-0.4, -0.2) is 28.1 Å². The molecule has 10 heteroatoms. The predicted octanol–water partition coefficient (Wildman–Crippen LogP) is 3.07. The number of nitro groups is 2. The summed E-state index contributed by atoms with van der Waals surface area (Å²) in [5, 5.41) is 22.4. The number of nitro benzene ring substituents is 2. The topological polar surface area (TPSA) is 125 Å². The molecule has 10 nitrogen and oxygen atoms in total. The number of benzene rings is 2. The summed E-state index contributed by atoms with van der Waals surface area (Å²) in [6.07, 6.45) is -0.878. The van der Waals surface area contributed by atoms with E-state index < -0.39 is 27.3 Å². The van der Waals surface area contributed by atoms with Crippen molar-refractivity contribution in [3.05, 3.63) is 74.3 Å². The molecule has 0 radical (unpaired) electrons. The maximum Gasteiger partial charge on any atom is 0.443 e. The number of nitrogens with zero attached hydrogens (tertiary/aromatic N) is 3. The van der Waals surface area contributed by atoms with E-state index in [0.717, 1.165) is 23.8 Å². The van der Waals surface area contributed by atoms with Crippen LogP contribution < -0.4 is 4.84 Å². The zero-order valence-corrected chi connectivity index (χ0v) is 13.0. The van der Waals surface area contributed by atoms with Crippen molar-refractivity contribution < 1.29 is 24.2 Å². The standard InChI is InChI=1S/C15H13N3O7/c1-16(15(19)24-10-11-5-3-2-4-6-11)25-14-8-7-12(17(20)21)9-13(14)18(22)23/h2-9H,10H2,1H3. The third-order valence-corrected chi connectivity index (χ3v) is 3.05. The van der Waals surface area contributed by atoms with Crippen LogP contribution in [0.25, 0.3) is 0 Å².